The average molecular weight is 402 g/mol. The van der Waals surface area contributed by atoms with E-state index in [9.17, 15) is 9.59 Å². The Balaban J connectivity index is 1.90. The SMILES string of the molecule is CCCC(=O)N(Cc1ccccc1)[C@H](C(=O)NCc1ccccn1)c1ccccc1. The predicted octanol–water partition coefficient (Wildman–Crippen LogP) is 4.27. The maximum absolute atomic E-state index is 13.3. The van der Waals surface area contributed by atoms with Gasteiger partial charge in [0.15, 0.2) is 0 Å². The lowest BCUT2D eigenvalue weighted by atomic mass is 10.0. The van der Waals surface area contributed by atoms with Crippen molar-refractivity contribution < 1.29 is 9.59 Å². The van der Waals surface area contributed by atoms with Gasteiger partial charge in [-0.1, -0.05) is 73.7 Å². The van der Waals surface area contributed by atoms with Crippen LogP contribution in [0.4, 0.5) is 0 Å². The van der Waals surface area contributed by atoms with Crippen LogP contribution in [0.3, 0.4) is 0 Å². The fourth-order valence-electron chi connectivity index (χ4n) is 3.35. The molecule has 3 aromatic rings. The molecule has 0 aliphatic carbocycles. The molecule has 0 aliphatic heterocycles. The number of hydrogen-bond donors (Lipinski definition) is 1. The first-order valence-corrected chi connectivity index (χ1v) is 10.2. The summed E-state index contributed by atoms with van der Waals surface area (Å²) >= 11 is 0. The number of carbonyl (C=O) groups excluding carboxylic acids is 2. The third-order valence-corrected chi connectivity index (χ3v) is 4.83. The van der Waals surface area contributed by atoms with Crippen molar-refractivity contribution in [2.45, 2.75) is 38.9 Å². The van der Waals surface area contributed by atoms with Crippen LogP contribution < -0.4 is 5.32 Å². The maximum atomic E-state index is 13.3. The second kappa shape index (κ2) is 10.9. The van der Waals surface area contributed by atoms with Crippen LogP contribution in [0.5, 0.6) is 0 Å². The molecule has 30 heavy (non-hydrogen) atoms. The largest absolute Gasteiger partial charge is 0.348 e. The summed E-state index contributed by atoms with van der Waals surface area (Å²) in [6.07, 6.45) is 2.81. The van der Waals surface area contributed by atoms with E-state index in [1.54, 1.807) is 11.1 Å². The van der Waals surface area contributed by atoms with Crippen molar-refractivity contribution >= 4 is 11.8 Å². The van der Waals surface area contributed by atoms with Crippen molar-refractivity contribution in [3.05, 3.63) is 102 Å². The summed E-state index contributed by atoms with van der Waals surface area (Å²) in [7, 11) is 0. The van der Waals surface area contributed by atoms with E-state index in [0.29, 0.717) is 19.5 Å². The van der Waals surface area contributed by atoms with Gasteiger partial charge in [0.1, 0.15) is 6.04 Å². The molecular formula is C25H27N3O2. The van der Waals surface area contributed by atoms with E-state index in [2.05, 4.69) is 10.3 Å². The number of rotatable bonds is 9. The van der Waals surface area contributed by atoms with E-state index < -0.39 is 6.04 Å². The molecule has 2 amide bonds. The zero-order chi connectivity index (χ0) is 21.2. The standard InChI is InChI=1S/C25H27N3O2/c1-2-11-23(29)28(19-20-12-5-3-6-13-20)24(21-14-7-4-8-15-21)25(30)27-18-22-16-9-10-17-26-22/h3-10,12-17,24H,2,11,18-19H2,1H3,(H,27,30)/t24-/m0/s1. The molecule has 0 bridgehead atoms. The van der Waals surface area contributed by atoms with Gasteiger partial charge in [0.25, 0.3) is 0 Å². The third kappa shape index (κ3) is 5.77. The van der Waals surface area contributed by atoms with Gasteiger partial charge in [0.2, 0.25) is 11.8 Å². The van der Waals surface area contributed by atoms with Crippen molar-refractivity contribution in [1.29, 1.82) is 0 Å². The molecule has 1 N–H and O–H groups in total. The highest BCUT2D eigenvalue weighted by Gasteiger charge is 2.31. The molecule has 0 radical (unpaired) electrons. The molecule has 154 valence electrons. The minimum absolute atomic E-state index is 0.0387. The van der Waals surface area contributed by atoms with Crippen LogP contribution in [0.25, 0.3) is 0 Å². The topological polar surface area (TPSA) is 62.3 Å². The summed E-state index contributed by atoms with van der Waals surface area (Å²) in [5, 5.41) is 2.97. The number of benzene rings is 2. The first-order chi connectivity index (χ1) is 14.7. The van der Waals surface area contributed by atoms with Crippen molar-refractivity contribution in [1.82, 2.24) is 15.2 Å². The molecule has 2 aromatic carbocycles. The van der Waals surface area contributed by atoms with Gasteiger partial charge < -0.3 is 10.2 Å². The monoisotopic (exact) mass is 401 g/mol. The van der Waals surface area contributed by atoms with Crippen LogP contribution >= 0.6 is 0 Å². The summed E-state index contributed by atoms with van der Waals surface area (Å²) in [5.41, 5.74) is 2.55. The third-order valence-electron chi connectivity index (χ3n) is 4.83. The summed E-state index contributed by atoms with van der Waals surface area (Å²) in [6, 6.07) is 24.1. The molecule has 0 saturated heterocycles. The number of aromatic nitrogens is 1. The van der Waals surface area contributed by atoms with Crippen LogP contribution in [0.2, 0.25) is 0 Å². The van der Waals surface area contributed by atoms with Crippen LogP contribution in [-0.2, 0) is 22.7 Å². The molecular weight excluding hydrogens is 374 g/mol. The van der Waals surface area contributed by atoms with Crippen molar-refractivity contribution in [3.63, 3.8) is 0 Å². The molecule has 1 atom stereocenters. The smallest absolute Gasteiger partial charge is 0.247 e. The highest BCUT2D eigenvalue weighted by molar-refractivity contribution is 5.88. The minimum Gasteiger partial charge on any atom is -0.348 e. The quantitative estimate of drug-likeness (QED) is 0.582. The Bertz CT molecular complexity index is 930. The van der Waals surface area contributed by atoms with Crippen LogP contribution in [0.1, 0.15) is 42.6 Å². The van der Waals surface area contributed by atoms with Crippen LogP contribution in [-0.4, -0.2) is 21.7 Å². The fraction of sp³-hybridized carbons (Fsp3) is 0.240. The van der Waals surface area contributed by atoms with Gasteiger partial charge in [-0.05, 0) is 29.7 Å². The summed E-state index contributed by atoms with van der Waals surface area (Å²) in [5.74, 6) is -0.254. The van der Waals surface area contributed by atoms with E-state index >= 15 is 0 Å². The molecule has 0 saturated carbocycles. The fourth-order valence-corrected chi connectivity index (χ4v) is 3.35. The van der Waals surface area contributed by atoms with Crippen molar-refractivity contribution in [3.8, 4) is 0 Å². The van der Waals surface area contributed by atoms with Crippen LogP contribution in [0, 0.1) is 0 Å². The number of hydrogen-bond acceptors (Lipinski definition) is 3. The maximum Gasteiger partial charge on any atom is 0.247 e. The second-order valence-electron chi connectivity index (χ2n) is 7.11. The number of pyridine rings is 1. The Hall–Kier alpha value is -3.47. The zero-order valence-corrected chi connectivity index (χ0v) is 17.2. The predicted molar refractivity (Wildman–Crippen MR) is 117 cm³/mol. The number of nitrogens with one attached hydrogen (secondary N) is 1. The summed E-state index contributed by atoms with van der Waals surface area (Å²) < 4.78 is 0. The molecule has 1 aromatic heterocycles. The Kier molecular flexibility index (Phi) is 7.72. The van der Waals surface area contributed by atoms with Gasteiger partial charge in [0, 0.05) is 19.2 Å². The molecule has 5 heteroatoms. The van der Waals surface area contributed by atoms with Gasteiger partial charge in [-0.15, -0.1) is 0 Å². The summed E-state index contributed by atoms with van der Waals surface area (Å²) in [6.45, 7) is 2.65. The molecule has 5 nitrogen and oxygen atoms in total. The summed E-state index contributed by atoms with van der Waals surface area (Å²) in [4.78, 5) is 32.3. The molecule has 1 heterocycles. The van der Waals surface area contributed by atoms with Gasteiger partial charge in [0.05, 0.1) is 12.2 Å². The van der Waals surface area contributed by atoms with E-state index in [1.165, 1.54) is 0 Å². The van der Waals surface area contributed by atoms with Gasteiger partial charge in [-0.3, -0.25) is 14.6 Å². The van der Waals surface area contributed by atoms with E-state index in [-0.39, 0.29) is 11.8 Å². The van der Waals surface area contributed by atoms with E-state index in [4.69, 9.17) is 0 Å². The average Bonchev–Trinajstić information content (AvgIpc) is 2.79. The second-order valence-corrected chi connectivity index (χ2v) is 7.11. The number of nitrogens with zero attached hydrogens (tertiary/aromatic N) is 2. The highest BCUT2D eigenvalue weighted by Crippen LogP contribution is 2.25. The van der Waals surface area contributed by atoms with Gasteiger partial charge in [-0.2, -0.15) is 0 Å². The van der Waals surface area contributed by atoms with Crippen molar-refractivity contribution in [2.24, 2.45) is 0 Å². The molecule has 0 fully saturated rings. The lowest BCUT2D eigenvalue weighted by Gasteiger charge is -2.31. The molecule has 0 spiro atoms. The number of amides is 2. The zero-order valence-electron chi connectivity index (χ0n) is 17.2. The Morgan fingerprint density at radius 1 is 0.933 bits per heavy atom. The Morgan fingerprint density at radius 3 is 2.23 bits per heavy atom. The lowest BCUT2D eigenvalue weighted by molar-refractivity contribution is -0.141. The Morgan fingerprint density at radius 2 is 1.60 bits per heavy atom. The minimum atomic E-state index is -0.714. The molecule has 0 unspecified atom stereocenters. The van der Waals surface area contributed by atoms with Crippen molar-refractivity contribution in [2.75, 3.05) is 0 Å². The van der Waals surface area contributed by atoms with Gasteiger partial charge in [-0.25, -0.2) is 0 Å². The molecule has 3 rings (SSSR count). The first-order valence-electron chi connectivity index (χ1n) is 10.2. The Labute approximate surface area is 177 Å². The molecule has 0 aliphatic rings. The van der Waals surface area contributed by atoms with E-state index in [0.717, 1.165) is 23.2 Å². The van der Waals surface area contributed by atoms with Crippen LogP contribution in [0.15, 0.2) is 85.1 Å². The highest BCUT2D eigenvalue weighted by atomic mass is 16.2. The van der Waals surface area contributed by atoms with E-state index in [1.807, 2.05) is 85.8 Å². The first kappa shape index (κ1) is 21.2. The normalized spacial score (nSPS) is 11.5. The number of carbonyl (C=O) groups is 2. The lowest BCUT2D eigenvalue weighted by Crippen LogP contribution is -2.43. The van der Waals surface area contributed by atoms with Gasteiger partial charge >= 0.3 is 0 Å².